The Bertz CT molecular complexity index is 489. The molecule has 4 heteroatoms. The molecule has 1 aliphatic carbocycles. The smallest absolute Gasteiger partial charge is 0.255 e. The largest absolute Gasteiger partial charge is 0.336 e. The molecule has 110 valence electrons. The minimum absolute atomic E-state index is 0.0304. The van der Waals surface area contributed by atoms with E-state index in [-0.39, 0.29) is 11.9 Å². The van der Waals surface area contributed by atoms with Crippen LogP contribution in [0.1, 0.15) is 42.1 Å². The Kier molecular flexibility index (Phi) is 5.06. The lowest BCUT2D eigenvalue weighted by molar-refractivity contribution is 0.0652. The maximum Gasteiger partial charge on any atom is 0.255 e. The first kappa shape index (κ1) is 15.3. The van der Waals surface area contributed by atoms with E-state index in [1.54, 1.807) is 0 Å². The Hall–Kier alpha value is -1.06. The van der Waals surface area contributed by atoms with E-state index in [0.717, 1.165) is 24.8 Å². The highest BCUT2D eigenvalue weighted by Gasteiger charge is 2.33. The predicted octanol–water partition coefficient (Wildman–Crippen LogP) is 3.24. The predicted molar refractivity (Wildman–Crippen MR) is 83.1 cm³/mol. The van der Waals surface area contributed by atoms with Gasteiger partial charge in [-0.15, -0.1) is 0 Å². The first-order valence-corrected chi connectivity index (χ1v) is 7.73. The molecule has 1 amide bonds. The Balaban J connectivity index is 2.24. The van der Waals surface area contributed by atoms with Crippen LogP contribution >= 0.6 is 11.6 Å². The van der Waals surface area contributed by atoms with Gasteiger partial charge in [-0.3, -0.25) is 4.79 Å². The van der Waals surface area contributed by atoms with Gasteiger partial charge >= 0.3 is 0 Å². The maximum absolute atomic E-state index is 12.8. The van der Waals surface area contributed by atoms with Gasteiger partial charge in [-0.05, 0) is 56.8 Å². The second kappa shape index (κ2) is 6.59. The fraction of sp³-hybridized carbons (Fsp3) is 0.562. The van der Waals surface area contributed by atoms with Gasteiger partial charge in [-0.1, -0.05) is 24.1 Å². The number of benzene rings is 1. The number of carbonyl (C=O) groups is 1. The molecule has 2 atom stereocenters. The molecule has 0 saturated heterocycles. The number of carbonyl (C=O) groups excluding carboxylic acids is 1. The monoisotopic (exact) mass is 294 g/mol. The number of hydrogen-bond donors (Lipinski definition) is 1. The molecule has 1 saturated carbocycles. The summed E-state index contributed by atoms with van der Waals surface area (Å²) in [4.78, 5) is 14.7. The zero-order valence-electron chi connectivity index (χ0n) is 12.2. The lowest BCUT2D eigenvalue weighted by Crippen LogP contribution is -2.44. The van der Waals surface area contributed by atoms with Gasteiger partial charge in [0.2, 0.25) is 0 Å². The Labute approximate surface area is 126 Å². The van der Waals surface area contributed by atoms with Crippen molar-refractivity contribution in [2.45, 2.75) is 39.2 Å². The number of nitrogens with two attached hydrogens (primary N) is 1. The first-order chi connectivity index (χ1) is 9.58. The van der Waals surface area contributed by atoms with Crippen LogP contribution in [0.2, 0.25) is 5.02 Å². The van der Waals surface area contributed by atoms with Crippen molar-refractivity contribution in [2.24, 2.45) is 11.7 Å². The highest BCUT2D eigenvalue weighted by atomic mass is 35.5. The van der Waals surface area contributed by atoms with E-state index in [2.05, 4.69) is 0 Å². The molecule has 3 nitrogen and oxygen atoms in total. The Morgan fingerprint density at radius 3 is 2.80 bits per heavy atom. The third-order valence-corrected chi connectivity index (χ3v) is 4.59. The standard InChI is InChI=1S/C16H23ClN2O/c1-3-19(15-6-4-5-12(15)10-18)16(20)13-8-7-11(2)9-14(13)17/h7-9,12,15H,3-6,10,18H2,1-2H3. The van der Waals surface area contributed by atoms with E-state index < -0.39 is 0 Å². The third kappa shape index (κ3) is 2.99. The van der Waals surface area contributed by atoms with E-state index in [9.17, 15) is 4.79 Å². The number of halogens is 1. The van der Waals surface area contributed by atoms with Crippen molar-refractivity contribution in [3.05, 3.63) is 34.3 Å². The fourth-order valence-corrected chi connectivity index (χ4v) is 3.50. The fourth-order valence-electron chi connectivity index (χ4n) is 3.18. The molecule has 2 unspecified atom stereocenters. The molecule has 1 fully saturated rings. The number of aryl methyl sites for hydroxylation is 1. The van der Waals surface area contributed by atoms with E-state index >= 15 is 0 Å². The van der Waals surface area contributed by atoms with E-state index in [1.807, 2.05) is 36.9 Å². The van der Waals surface area contributed by atoms with E-state index in [1.165, 1.54) is 0 Å². The second-order valence-corrected chi connectivity index (χ2v) is 5.98. The summed E-state index contributed by atoms with van der Waals surface area (Å²) < 4.78 is 0. The normalized spacial score (nSPS) is 22.0. The second-order valence-electron chi connectivity index (χ2n) is 5.57. The van der Waals surface area contributed by atoms with Gasteiger partial charge in [0.25, 0.3) is 5.91 Å². The summed E-state index contributed by atoms with van der Waals surface area (Å²) in [5.41, 5.74) is 7.51. The Morgan fingerprint density at radius 2 is 2.20 bits per heavy atom. The lowest BCUT2D eigenvalue weighted by atomic mass is 10.0. The summed E-state index contributed by atoms with van der Waals surface area (Å²) in [6, 6.07) is 5.87. The van der Waals surface area contributed by atoms with Crippen LogP contribution in [0.4, 0.5) is 0 Å². The highest BCUT2D eigenvalue weighted by Crippen LogP contribution is 2.31. The van der Waals surface area contributed by atoms with Crippen LogP contribution in [0.5, 0.6) is 0 Å². The summed E-state index contributed by atoms with van der Waals surface area (Å²) >= 11 is 6.23. The summed E-state index contributed by atoms with van der Waals surface area (Å²) in [6.45, 7) is 5.34. The van der Waals surface area contributed by atoms with Gasteiger partial charge in [0.05, 0.1) is 10.6 Å². The average molecular weight is 295 g/mol. The first-order valence-electron chi connectivity index (χ1n) is 7.35. The van der Waals surface area contributed by atoms with Crippen LogP contribution in [-0.2, 0) is 0 Å². The van der Waals surface area contributed by atoms with Crippen molar-refractivity contribution in [3.8, 4) is 0 Å². The SMILES string of the molecule is CCN(C(=O)c1ccc(C)cc1Cl)C1CCCC1CN. The van der Waals surface area contributed by atoms with E-state index in [4.69, 9.17) is 17.3 Å². The molecule has 2 N–H and O–H groups in total. The van der Waals surface area contributed by atoms with Gasteiger partial charge in [0.15, 0.2) is 0 Å². The molecule has 1 aromatic carbocycles. The summed E-state index contributed by atoms with van der Waals surface area (Å²) in [7, 11) is 0. The van der Waals surface area contributed by atoms with Crippen LogP contribution in [0.3, 0.4) is 0 Å². The molecule has 0 bridgehead atoms. The van der Waals surface area contributed by atoms with Crippen molar-refractivity contribution < 1.29 is 4.79 Å². The topological polar surface area (TPSA) is 46.3 Å². The maximum atomic E-state index is 12.8. The Morgan fingerprint density at radius 1 is 1.45 bits per heavy atom. The van der Waals surface area contributed by atoms with E-state index in [0.29, 0.717) is 29.6 Å². The third-order valence-electron chi connectivity index (χ3n) is 4.28. The van der Waals surface area contributed by atoms with Crippen molar-refractivity contribution in [1.82, 2.24) is 4.90 Å². The minimum atomic E-state index is 0.0304. The van der Waals surface area contributed by atoms with Crippen LogP contribution in [-0.4, -0.2) is 29.9 Å². The van der Waals surface area contributed by atoms with Gasteiger partial charge in [0.1, 0.15) is 0 Å². The molecule has 0 spiro atoms. The zero-order valence-corrected chi connectivity index (χ0v) is 13.0. The van der Waals surface area contributed by atoms with Gasteiger partial charge in [-0.2, -0.15) is 0 Å². The number of nitrogens with zero attached hydrogens (tertiary/aromatic N) is 1. The molecule has 0 aliphatic heterocycles. The van der Waals surface area contributed by atoms with Crippen molar-refractivity contribution in [1.29, 1.82) is 0 Å². The van der Waals surface area contributed by atoms with Gasteiger partial charge in [-0.25, -0.2) is 0 Å². The minimum Gasteiger partial charge on any atom is -0.336 e. The average Bonchev–Trinajstić information content (AvgIpc) is 2.87. The lowest BCUT2D eigenvalue weighted by Gasteiger charge is -2.32. The zero-order chi connectivity index (χ0) is 14.7. The number of amides is 1. The van der Waals surface area contributed by atoms with Crippen molar-refractivity contribution in [2.75, 3.05) is 13.1 Å². The van der Waals surface area contributed by atoms with Crippen LogP contribution in [0.15, 0.2) is 18.2 Å². The van der Waals surface area contributed by atoms with Gasteiger partial charge < -0.3 is 10.6 Å². The van der Waals surface area contributed by atoms with Crippen LogP contribution in [0.25, 0.3) is 0 Å². The van der Waals surface area contributed by atoms with Crippen molar-refractivity contribution >= 4 is 17.5 Å². The van der Waals surface area contributed by atoms with Crippen molar-refractivity contribution in [3.63, 3.8) is 0 Å². The molecular weight excluding hydrogens is 272 g/mol. The number of rotatable bonds is 4. The highest BCUT2D eigenvalue weighted by molar-refractivity contribution is 6.33. The molecule has 2 rings (SSSR count). The summed E-state index contributed by atoms with van der Waals surface area (Å²) in [5, 5.41) is 0.538. The molecule has 1 aliphatic rings. The molecule has 0 heterocycles. The molecular formula is C16H23ClN2O. The molecule has 0 radical (unpaired) electrons. The van der Waals surface area contributed by atoms with Crippen LogP contribution < -0.4 is 5.73 Å². The quantitative estimate of drug-likeness (QED) is 0.926. The van der Waals surface area contributed by atoms with Gasteiger partial charge in [0, 0.05) is 12.6 Å². The molecule has 0 aromatic heterocycles. The van der Waals surface area contributed by atoms with Crippen LogP contribution in [0, 0.1) is 12.8 Å². The summed E-state index contributed by atoms with van der Waals surface area (Å²) in [6.07, 6.45) is 3.31. The summed E-state index contributed by atoms with van der Waals surface area (Å²) in [5.74, 6) is 0.450. The molecule has 1 aromatic rings. The molecule has 20 heavy (non-hydrogen) atoms. The number of hydrogen-bond acceptors (Lipinski definition) is 2.